The fourth-order valence-corrected chi connectivity index (χ4v) is 3.72. The van der Waals surface area contributed by atoms with E-state index in [1.165, 1.54) is 12.1 Å². The van der Waals surface area contributed by atoms with Crippen molar-refractivity contribution < 1.29 is 18.7 Å². The second-order valence-electron chi connectivity index (χ2n) is 7.77. The van der Waals surface area contributed by atoms with E-state index in [1.807, 2.05) is 56.3 Å². The molecule has 0 heterocycles. The number of benzene rings is 4. The van der Waals surface area contributed by atoms with Crippen molar-refractivity contribution in [1.82, 2.24) is 5.32 Å². The predicted molar refractivity (Wildman–Crippen MR) is 128 cm³/mol. The van der Waals surface area contributed by atoms with Crippen molar-refractivity contribution in [3.8, 4) is 11.5 Å². The molecule has 0 aliphatic rings. The van der Waals surface area contributed by atoms with E-state index in [1.54, 1.807) is 30.3 Å². The highest BCUT2D eigenvalue weighted by Gasteiger charge is 2.15. The Hall–Kier alpha value is -3.86. The Balaban J connectivity index is 1.53. The Kier molecular flexibility index (Phi) is 6.89. The number of ether oxygens (including phenoxy) is 2. The Morgan fingerprint density at radius 1 is 0.909 bits per heavy atom. The van der Waals surface area contributed by atoms with Crippen LogP contribution >= 0.6 is 0 Å². The molecule has 5 heteroatoms. The molecule has 168 valence electrons. The Bertz CT molecular complexity index is 1250. The zero-order chi connectivity index (χ0) is 23.2. The van der Waals surface area contributed by atoms with E-state index in [0.717, 1.165) is 27.6 Å². The van der Waals surface area contributed by atoms with Crippen LogP contribution in [-0.2, 0) is 6.61 Å². The molecule has 0 aliphatic carbocycles. The molecule has 4 nitrogen and oxygen atoms in total. The van der Waals surface area contributed by atoms with E-state index >= 15 is 0 Å². The lowest BCUT2D eigenvalue weighted by molar-refractivity contribution is 0.0939. The number of hydrogen-bond donors (Lipinski definition) is 1. The summed E-state index contributed by atoms with van der Waals surface area (Å²) in [6.45, 7) is 4.55. The minimum absolute atomic E-state index is 0.221. The maximum Gasteiger partial charge on any atom is 0.251 e. The van der Waals surface area contributed by atoms with E-state index in [2.05, 4.69) is 5.32 Å². The first-order chi connectivity index (χ1) is 16.0. The second kappa shape index (κ2) is 10.2. The van der Waals surface area contributed by atoms with Gasteiger partial charge in [-0.15, -0.1) is 0 Å². The van der Waals surface area contributed by atoms with Crippen LogP contribution in [-0.4, -0.2) is 12.5 Å². The molecule has 0 radical (unpaired) electrons. The third-order valence-electron chi connectivity index (χ3n) is 5.47. The molecule has 0 aliphatic heterocycles. The number of rotatable bonds is 8. The molecule has 1 atom stereocenters. The lowest BCUT2D eigenvalue weighted by Gasteiger charge is -2.17. The molecule has 0 aromatic heterocycles. The van der Waals surface area contributed by atoms with Gasteiger partial charge in [0.2, 0.25) is 0 Å². The van der Waals surface area contributed by atoms with Gasteiger partial charge in [0.05, 0.1) is 12.6 Å². The van der Waals surface area contributed by atoms with Gasteiger partial charge in [-0.2, -0.15) is 0 Å². The van der Waals surface area contributed by atoms with E-state index in [0.29, 0.717) is 17.9 Å². The second-order valence-corrected chi connectivity index (χ2v) is 7.77. The Labute approximate surface area is 193 Å². The number of carbonyl (C=O) groups excluding carboxylic acids is 1. The number of amides is 1. The molecular weight excluding hydrogens is 417 g/mol. The number of halogens is 1. The average molecular weight is 444 g/mol. The lowest BCUT2D eigenvalue weighted by atomic mass is 10.1. The minimum Gasteiger partial charge on any atom is -0.493 e. The molecule has 0 spiro atoms. The van der Waals surface area contributed by atoms with Gasteiger partial charge in [-0.05, 0) is 61.2 Å². The smallest absolute Gasteiger partial charge is 0.251 e. The fourth-order valence-electron chi connectivity index (χ4n) is 3.72. The van der Waals surface area contributed by atoms with E-state index in [4.69, 9.17) is 9.47 Å². The third kappa shape index (κ3) is 5.32. The van der Waals surface area contributed by atoms with E-state index in [9.17, 15) is 9.18 Å². The summed E-state index contributed by atoms with van der Waals surface area (Å²) < 4.78 is 25.1. The summed E-state index contributed by atoms with van der Waals surface area (Å²) in [6.07, 6.45) is 0. The van der Waals surface area contributed by atoms with Crippen LogP contribution < -0.4 is 14.8 Å². The van der Waals surface area contributed by atoms with Crippen LogP contribution in [0.15, 0.2) is 84.9 Å². The SMILES string of the molecule is CCOc1ccc(C(=O)N[C@H](C)c2ccc(F)cc2)cc1COc1cccc2ccccc12. The van der Waals surface area contributed by atoms with Crippen LogP contribution in [0.4, 0.5) is 4.39 Å². The highest BCUT2D eigenvalue weighted by molar-refractivity contribution is 5.95. The average Bonchev–Trinajstić information content (AvgIpc) is 2.84. The Morgan fingerprint density at radius 3 is 2.45 bits per heavy atom. The van der Waals surface area contributed by atoms with Crippen molar-refractivity contribution in [3.63, 3.8) is 0 Å². The van der Waals surface area contributed by atoms with Crippen molar-refractivity contribution in [2.24, 2.45) is 0 Å². The summed E-state index contributed by atoms with van der Waals surface area (Å²) in [5, 5.41) is 5.09. The lowest BCUT2D eigenvalue weighted by Crippen LogP contribution is -2.26. The van der Waals surface area contributed by atoms with Gasteiger partial charge in [0, 0.05) is 16.5 Å². The molecule has 0 saturated heterocycles. The molecule has 0 bridgehead atoms. The summed E-state index contributed by atoms with van der Waals surface area (Å²) in [4.78, 5) is 12.9. The molecule has 4 aromatic rings. The molecule has 4 rings (SSSR count). The fraction of sp³-hybridized carbons (Fsp3) is 0.179. The van der Waals surface area contributed by atoms with Crippen molar-refractivity contribution >= 4 is 16.7 Å². The number of hydrogen-bond acceptors (Lipinski definition) is 3. The maximum atomic E-state index is 13.2. The van der Waals surface area contributed by atoms with Crippen LogP contribution in [0.2, 0.25) is 0 Å². The minimum atomic E-state index is -0.306. The van der Waals surface area contributed by atoms with Gasteiger partial charge in [0.15, 0.2) is 0 Å². The monoisotopic (exact) mass is 443 g/mol. The largest absolute Gasteiger partial charge is 0.493 e. The summed E-state index contributed by atoms with van der Waals surface area (Å²) in [5.74, 6) is 0.928. The molecule has 0 fully saturated rings. The molecule has 4 aromatic carbocycles. The van der Waals surface area contributed by atoms with Crippen LogP contribution in [0.25, 0.3) is 10.8 Å². The highest BCUT2D eigenvalue weighted by Crippen LogP contribution is 2.28. The molecule has 1 amide bonds. The van der Waals surface area contributed by atoms with Gasteiger partial charge in [0.1, 0.15) is 23.9 Å². The summed E-state index contributed by atoms with van der Waals surface area (Å²) in [6, 6.07) is 25.1. The summed E-state index contributed by atoms with van der Waals surface area (Å²) in [7, 11) is 0. The molecular formula is C28H26FNO3. The van der Waals surface area contributed by atoms with Crippen LogP contribution in [0.3, 0.4) is 0 Å². The van der Waals surface area contributed by atoms with E-state index in [-0.39, 0.29) is 24.4 Å². The molecule has 1 N–H and O–H groups in total. The zero-order valence-electron chi connectivity index (χ0n) is 18.7. The third-order valence-corrected chi connectivity index (χ3v) is 5.47. The number of carbonyl (C=O) groups is 1. The predicted octanol–water partition coefficient (Wildman–Crippen LogP) is 6.45. The van der Waals surface area contributed by atoms with Crippen molar-refractivity contribution in [1.29, 1.82) is 0 Å². The summed E-state index contributed by atoms with van der Waals surface area (Å²) in [5.41, 5.74) is 2.12. The normalized spacial score (nSPS) is 11.7. The van der Waals surface area contributed by atoms with Gasteiger partial charge in [-0.25, -0.2) is 4.39 Å². The number of nitrogens with one attached hydrogen (secondary N) is 1. The topological polar surface area (TPSA) is 47.6 Å². The van der Waals surface area contributed by atoms with Gasteiger partial charge in [0.25, 0.3) is 5.91 Å². The molecule has 0 unspecified atom stereocenters. The van der Waals surface area contributed by atoms with Gasteiger partial charge >= 0.3 is 0 Å². The number of fused-ring (bicyclic) bond motifs is 1. The first-order valence-electron chi connectivity index (χ1n) is 11.0. The maximum absolute atomic E-state index is 13.2. The quantitative estimate of drug-likeness (QED) is 0.341. The van der Waals surface area contributed by atoms with Gasteiger partial charge in [-0.1, -0.05) is 48.5 Å². The molecule has 0 saturated carbocycles. The summed E-state index contributed by atoms with van der Waals surface area (Å²) >= 11 is 0. The van der Waals surface area contributed by atoms with Crippen molar-refractivity contribution in [2.75, 3.05) is 6.61 Å². The van der Waals surface area contributed by atoms with Crippen LogP contribution in [0, 0.1) is 5.82 Å². The highest BCUT2D eigenvalue weighted by atomic mass is 19.1. The molecule has 33 heavy (non-hydrogen) atoms. The van der Waals surface area contributed by atoms with E-state index < -0.39 is 0 Å². The zero-order valence-corrected chi connectivity index (χ0v) is 18.7. The van der Waals surface area contributed by atoms with Gasteiger partial charge in [-0.3, -0.25) is 4.79 Å². The van der Waals surface area contributed by atoms with Crippen molar-refractivity contribution in [3.05, 3.63) is 107 Å². The van der Waals surface area contributed by atoms with Crippen LogP contribution in [0.5, 0.6) is 11.5 Å². The van der Waals surface area contributed by atoms with Crippen LogP contribution in [0.1, 0.15) is 41.4 Å². The van der Waals surface area contributed by atoms with Gasteiger partial charge < -0.3 is 14.8 Å². The van der Waals surface area contributed by atoms with Crippen molar-refractivity contribution in [2.45, 2.75) is 26.5 Å². The Morgan fingerprint density at radius 2 is 1.67 bits per heavy atom. The first kappa shape index (κ1) is 22.3. The first-order valence-corrected chi connectivity index (χ1v) is 11.0. The standard InChI is InChI=1S/C28H26FNO3/c1-3-32-26-16-13-22(28(31)30-19(2)20-11-14-24(29)15-12-20)17-23(26)18-33-27-10-6-8-21-7-4-5-9-25(21)27/h4-17,19H,3,18H2,1-2H3,(H,30,31)/t19-/m1/s1.